The number of aryl methyl sites for hydroxylation is 2. The van der Waals surface area contributed by atoms with Gasteiger partial charge in [-0.2, -0.15) is 0 Å². The second-order valence-electron chi connectivity index (χ2n) is 5.91. The van der Waals surface area contributed by atoms with Gasteiger partial charge in [-0.15, -0.1) is 0 Å². The average Bonchev–Trinajstić information content (AvgIpc) is 2.89. The van der Waals surface area contributed by atoms with E-state index >= 15 is 0 Å². The van der Waals surface area contributed by atoms with Crippen LogP contribution < -0.4 is 0 Å². The zero-order valence-corrected chi connectivity index (χ0v) is 12.9. The van der Waals surface area contributed by atoms with Crippen molar-refractivity contribution in [2.45, 2.75) is 26.9 Å². The van der Waals surface area contributed by atoms with Crippen LogP contribution >= 0.6 is 0 Å². The molecular weight excluding hydrogens is 262 g/mol. The van der Waals surface area contributed by atoms with Crippen LogP contribution in [0.15, 0.2) is 34.9 Å². The zero-order valence-electron chi connectivity index (χ0n) is 12.9. The third kappa shape index (κ3) is 3.71. The summed E-state index contributed by atoms with van der Waals surface area (Å²) in [5.74, 6) is 0.972. The van der Waals surface area contributed by atoms with Crippen LogP contribution in [0.5, 0.6) is 0 Å². The van der Waals surface area contributed by atoms with Gasteiger partial charge in [0.15, 0.2) is 5.76 Å². The van der Waals surface area contributed by atoms with Crippen molar-refractivity contribution < 1.29 is 4.52 Å². The number of nitrogens with zero attached hydrogens (tertiary/aromatic N) is 3. The number of benzene rings is 1. The molecule has 21 heavy (non-hydrogen) atoms. The SMILES string of the molecule is Cc1cc(CN2CCN(Cc3ccccc3C)CC2)on1. The van der Waals surface area contributed by atoms with Crippen LogP contribution in [0.3, 0.4) is 0 Å². The monoisotopic (exact) mass is 285 g/mol. The fourth-order valence-electron chi connectivity index (χ4n) is 2.85. The topological polar surface area (TPSA) is 32.5 Å². The lowest BCUT2D eigenvalue weighted by Gasteiger charge is -2.34. The second kappa shape index (κ2) is 6.41. The van der Waals surface area contributed by atoms with Crippen LogP contribution in [0.1, 0.15) is 22.6 Å². The van der Waals surface area contributed by atoms with Crippen molar-refractivity contribution in [1.82, 2.24) is 15.0 Å². The second-order valence-corrected chi connectivity index (χ2v) is 5.91. The molecule has 2 aromatic rings. The fourth-order valence-corrected chi connectivity index (χ4v) is 2.85. The van der Waals surface area contributed by atoms with Gasteiger partial charge in [-0.1, -0.05) is 29.4 Å². The summed E-state index contributed by atoms with van der Waals surface area (Å²) in [6.45, 7) is 10.5. The molecule has 0 bridgehead atoms. The van der Waals surface area contributed by atoms with E-state index in [4.69, 9.17) is 4.52 Å². The Balaban J connectivity index is 1.50. The lowest BCUT2D eigenvalue weighted by molar-refractivity contribution is 0.113. The maximum atomic E-state index is 5.30. The van der Waals surface area contributed by atoms with Crippen molar-refractivity contribution in [1.29, 1.82) is 0 Å². The molecule has 4 nitrogen and oxygen atoms in total. The molecule has 1 fully saturated rings. The highest BCUT2D eigenvalue weighted by Crippen LogP contribution is 2.14. The van der Waals surface area contributed by atoms with Gasteiger partial charge in [-0.3, -0.25) is 9.80 Å². The minimum absolute atomic E-state index is 0.874. The van der Waals surface area contributed by atoms with Crippen LogP contribution in [0.4, 0.5) is 0 Å². The molecule has 0 radical (unpaired) electrons. The summed E-state index contributed by atoms with van der Waals surface area (Å²) in [5, 5.41) is 3.95. The molecule has 0 saturated carbocycles. The lowest BCUT2D eigenvalue weighted by Crippen LogP contribution is -2.45. The van der Waals surface area contributed by atoms with Gasteiger partial charge in [0.1, 0.15) is 0 Å². The van der Waals surface area contributed by atoms with Crippen LogP contribution in [-0.2, 0) is 13.1 Å². The smallest absolute Gasteiger partial charge is 0.150 e. The Morgan fingerprint density at radius 2 is 1.67 bits per heavy atom. The zero-order chi connectivity index (χ0) is 14.7. The summed E-state index contributed by atoms with van der Waals surface area (Å²) >= 11 is 0. The molecule has 0 aliphatic carbocycles. The molecule has 0 amide bonds. The van der Waals surface area contributed by atoms with Crippen molar-refractivity contribution in [3.05, 3.63) is 52.9 Å². The van der Waals surface area contributed by atoms with Crippen molar-refractivity contribution in [3.8, 4) is 0 Å². The number of hydrogen-bond acceptors (Lipinski definition) is 4. The van der Waals surface area contributed by atoms with Gasteiger partial charge in [0.25, 0.3) is 0 Å². The molecule has 0 spiro atoms. The maximum absolute atomic E-state index is 5.30. The fraction of sp³-hybridized carbons (Fsp3) is 0.471. The van der Waals surface area contributed by atoms with E-state index in [1.807, 2.05) is 13.0 Å². The number of aromatic nitrogens is 1. The minimum atomic E-state index is 0.874. The first-order valence-corrected chi connectivity index (χ1v) is 7.62. The van der Waals surface area contributed by atoms with E-state index in [1.165, 1.54) is 11.1 Å². The van der Waals surface area contributed by atoms with Gasteiger partial charge in [0, 0.05) is 38.8 Å². The number of piperazine rings is 1. The van der Waals surface area contributed by atoms with Gasteiger partial charge in [0.05, 0.1) is 12.2 Å². The maximum Gasteiger partial charge on any atom is 0.150 e. The predicted octanol–water partition coefficient (Wildman–Crippen LogP) is 2.61. The Kier molecular flexibility index (Phi) is 4.36. The Labute approximate surface area is 126 Å². The van der Waals surface area contributed by atoms with E-state index in [0.29, 0.717) is 0 Å². The van der Waals surface area contributed by atoms with Crippen LogP contribution in [0.25, 0.3) is 0 Å². The first-order chi connectivity index (χ1) is 10.2. The van der Waals surface area contributed by atoms with E-state index in [1.54, 1.807) is 0 Å². The molecule has 0 unspecified atom stereocenters. The summed E-state index contributed by atoms with van der Waals surface area (Å²) in [5.41, 5.74) is 3.79. The largest absolute Gasteiger partial charge is 0.360 e. The molecule has 1 aliphatic rings. The molecule has 0 N–H and O–H groups in total. The molecule has 1 aromatic heterocycles. The van der Waals surface area contributed by atoms with Gasteiger partial charge in [-0.25, -0.2) is 0 Å². The third-order valence-electron chi connectivity index (χ3n) is 4.18. The standard InChI is InChI=1S/C17H23N3O/c1-14-5-3-4-6-16(14)12-19-7-9-20(10-8-19)13-17-11-15(2)18-21-17/h3-6,11H,7-10,12-13H2,1-2H3. The Hall–Kier alpha value is -1.65. The molecule has 4 heteroatoms. The van der Waals surface area contributed by atoms with E-state index in [9.17, 15) is 0 Å². The van der Waals surface area contributed by atoms with Crippen molar-refractivity contribution in [3.63, 3.8) is 0 Å². The molecule has 2 heterocycles. The van der Waals surface area contributed by atoms with E-state index in [2.05, 4.69) is 46.1 Å². The highest BCUT2D eigenvalue weighted by atomic mass is 16.5. The predicted molar refractivity (Wildman–Crippen MR) is 83.0 cm³/mol. The van der Waals surface area contributed by atoms with Crippen molar-refractivity contribution >= 4 is 0 Å². The summed E-state index contributed by atoms with van der Waals surface area (Å²) in [6, 6.07) is 10.7. The van der Waals surface area contributed by atoms with Crippen molar-refractivity contribution in [2.75, 3.05) is 26.2 Å². The first-order valence-electron chi connectivity index (χ1n) is 7.62. The lowest BCUT2D eigenvalue weighted by atomic mass is 10.1. The Bertz CT molecular complexity index is 585. The molecule has 0 atom stereocenters. The Morgan fingerprint density at radius 3 is 2.29 bits per heavy atom. The van der Waals surface area contributed by atoms with Gasteiger partial charge >= 0.3 is 0 Å². The third-order valence-corrected chi connectivity index (χ3v) is 4.18. The van der Waals surface area contributed by atoms with Crippen LogP contribution in [-0.4, -0.2) is 41.1 Å². The first kappa shape index (κ1) is 14.3. The quantitative estimate of drug-likeness (QED) is 0.864. The summed E-state index contributed by atoms with van der Waals surface area (Å²) in [6.07, 6.45) is 0. The van der Waals surface area contributed by atoms with Crippen LogP contribution in [0, 0.1) is 13.8 Å². The van der Waals surface area contributed by atoms with Crippen LogP contribution in [0.2, 0.25) is 0 Å². The molecule has 1 saturated heterocycles. The normalized spacial score (nSPS) is 17.2. The minimum Gasteiger partial charge on any atom is -0.360 e. The van der Waals surface area contributed by atoms with Gasteiger partial charge in [-0.05, 0) is 25.0 Å². The molecule has 112 valence electrons. The van der Waals surface area contributed by atoms with E-state index in [0.717, 1.165) is 50.7 Å². The molecule has 3 rings (SSSR count). The summed E-state index contributed by atoms with van der Waals surface area (Å²) < 4.78 is 5.30. The van der Waals surface area contributed by atoms with Gasteiger partial charge in [0.2, 0.25) is 0 Å². The summed E-state index contributed by atoms with van der Waals surface area (Å²) in [7, 11) is 0. The highest BCUT2D eigenvalue weighted by molar-refractivity contribution is 5.25. The van der Waals surface area contributed by atoms with E-state index < -0.39 is 0 Å². The molecule has 1 aromatic carbocycles. The molecular formula is C17H23N3O. The average molecular weight is 285 g/mol. The summed E-state index contributed by atoms with van der Waals surface area (Å²) in [4.78, 5) is 4.97. The van der Waals surface area contributed by atoms with E-state index in [-0.39, 0.29) is 0 Å². The highest BCUT2D eigenvalue weighted by Gasteiger charge is 2.18. The number of hydrogen-bond donors (Lipinski definition) is 0. The molecule has 1 aliphatic heterocycles. The Morgan fingerprint density at radius 1 is 1.00 bits per heavy atom. The van der Waals surface area contributed by atoms with Gasteiger partial charge < -0.3 is 4.52 Å². The number of rotatable bonds is 4. The van der Waals surface area contributed by atoms with Crippen molar-refractivity contribution in [2.24, 2.45) is 0 Å².